The van der Waals surface area contributed by atoms with Crippen molar-refractivity contribution in [3.8, 4) is 0 Å². The molecule has 0 aromatic heterocycles. The average molecular weight is 441 g/mol. The van der Waals surface area contributed by atoms with E-state index in [1.165, 1.54) is 43.4 Å². The predicted octanol–water partition coefficient (Wildman–Crippen LogP) is 3.61. The van der Waals surface area contributed by atoms with Gasteiger partial charge in [-0.25, -0.2) is 9.38 Å². The smallest absolute Gasteiger partial charge is 0.403 e. The number of benzene rings is 1. The highest BCUT2D eigenvalue weighted by Gasteiger charge is 2.39. The number of alkyl halides is 3. The number of allylic oxidation sites excluding steroid dienone is 1. The summed E-state index contributed by atoms with van der Waals surface area (Å²) >= 11 is 0. The Kier molecular flexibility index (Phi) is 9.71. The Morgan fingerprint density at radius 3 is 2.55 bits per heavy atom. The number of nitrogens with zero attached hydrogens (tertiary/aromatic N) is 4. The van der Waals surface area contributed by atoms with Gasteiger partial charge in [-0.2, -0.15) is 18.2 Å². The van der Waals surface area contributed by atoms with Crippen molar-refractivity contribution in [3.63, 3.8) is 0 Å². The molecule has 0 amide bonds. The first kappa shape index (κ1) is 25.7. The minimum atomic E-state index is -4.62. The van der Waals surface area contributed by atoms with Crippen LogP contribution in [0, 0.1) is 5.82 Å². The molecular weight excluding hydrogens is 414 g/mol. The van der Waals surface area contributed by atoms with Gasteiger partial charge < -0.3 is 21.7 Å². The molecule has 31 heavy (non-hydrogen) atoms. The van der Waals surface area contributed by atoms with Crippen LogP contribution in [0.25, 0.3) is 0 Å². The fourth-order valence-electron chi connectivity index (χ4n) is 2.48. The van der Waals surface area contributed by atoms with E-state index in [0.717, 1.165) is 12.3 Å². The highest BCUT2D eigenvalue weighted by molar-refractivity contribution is 6.05. The number of anilines is 2. The van der Waals surface area contributed by atoms with Crippen molar-refractivity contribution in [2.45, 2.75) is 32.0 Å². The van der Waals surface area contributed by atoms with Crippen molar-refractivity contribution in [1.82, 2.24) is 5.32 Å². The van der Waals surface area contributed by atoms with Gasteiger partial charge in [0.05, 0.1) is 11.4 Å². The summed E-state index contributed by atoms with van der Waals surface area (Å²) in [5, 5.41) is 2.63. The highest BCUT2D eigenvalue weighted by Crippen LogP contribution is 2.26. The van der Waals surface area contributed by atoms with Gasteiger partial charge in [0.25, 0.3) is 0 Å². The second-order valence-electron chi connectivity index (χ2n) is 6.32. The van der Waals surface area contributed by atoms with E-state index in [-0.39, 0.29) is 29.6 Å². The molecular formula is C20H27F4N7. The van der Waals surface area contributed by atoms with Crippen LogP contribution in [0.2, 0.25) is 0 Å². The molecule has 1 unspecified atom stereocenters. The molecule has 1 rings (SSSR count). The van der Waals surface area contributed by atoms with Crippen molar-refractivity contribution in [2.24, 2.45) is 20.7 Å². The van der Waals surface area contributed by atoms with Crippen molar-refractivity contribution >= 4 is 29.4 Å². The van der Waals surface area contributed by atoms with Gasteiger partial charge in [0.15, 0.2) is 6.04 Å². The lowest BCUT2D eigenvalue weighted by atomic mass is 10.2. The highest BCUT2D eigenvalue weighted by atomic mass is 19.4. The molecule has 0 saturated carbocycles. The maximum atomic E-state index is 14.3. The quantitative estimate of drug-likeness (QED) is 0.198. The third kappa shape index (κ3) is 7.76. The van der Waals surface area contributed by atoms with Gasteiger partial charge in [-0.1, -0.05) is 13.0 Å². The van der Waals surface area contributed by atoms with Crippen LogP contribution in [0.1, 0.15) is 19.8 Å². The number of hydrogen-bond acceptors (Lipinski definition) is 4. The molecule has 1 aromatic carbocycles. The number of nitrogen functional groups attached to an aromatic ring is 1. The summed E-state index contributed by atoms with van der Waals surface area (Å²) in [7, 11) is 2.99. The second kappa shape index (κ2) is 11.7. The number of amidine groups is 1. The lowest BCUT2D eigenvalue weighted by Crippen LogP contribution is -2.34. The van der Waals surface area contributed by atoms with Crippen LogP contribution in [0.15, 0.2) is 57.7 Å². The lowest BCUT2D eigenvalue weighted by molar-refractivity contribution is -0.146. The molecule has 170 valence electrons. The molecule has 0 radical (unpaired) electrons. The molecule has 11 heteroatoms. The number of rotatable bonds is 7. The summed E-state index contributed by atoms with van der Waals surface area (Å²) in [6.45, 7) is 5.07. The van der Waals surface area contributed by atoms with Crippen LogP contribution in [-0.2, 0) is 0 Å². The number of hydrogen-bond donors (Lipinski definition) is 3. The van der Waals surface area contributed by atoms with Crippen LogP contribution in [0.5, 0.6) is 0 Å². The lowest BCUT2D eigenvalue weighted by Gasteiger charge is -2.23. The fraction of sp³-hybridized carbons (Fsp3) is 0.350. The van der Waals surface area contributed by atoms with E-state index >= 15 is 0 Å². The monoisotopic (exact) mass is 441 g/mol. The van der Waals surface area contributed by atoms with Crippen LogP contribution in [0.3, 0.4) is 0 Å². The molecule has 0 heterocycles. The molecule has 0 saturated heterocycles. The van der Waals surface area contributed by atoms with Crippen molar-refractivity contribution in [3.05, 3.63) is 48.6 Å². The van der Waals surface area contributed by atoms with Gasteiger partial charge in [0.2, 0.25) is 5.96 Å². The Bertz CT molecular complexity index is 873. The molecule has 0 fully saturated rings. The van der Waals surface area contributed by atoms with E-state index in [1.54, 1.807) is 6.92 Å². The predicted molar refractivity (Wildman–Crippen MR) is 119 cm³/mol. The van der Waals surface area contributed by atoms with E-state index in [4.69, 9.17) is 11.5 Å². The number of nitrogens with one attached hydrogen (secondary N) is 1. The van der Waals surface area contributed by atoms with E-state index in [9.17, 15) is 17.6 Å². The van der Waals surface area contributed by atoms with E-state index < -0.39 is 24.5 Å². The van der Waals surface area contributed by atoms with Crippen molar-refractivity contribution < 1.29 is 17.6 Å². The molecule has 0 aliphatic rings. The molecule has 1 atom stereocenters. The first-order chi connectivity index (χ1) is 14.6. The minimum absolute atomic E-state index is 0.114. The number of aliphatic imine (C=N–C) groups is 3. The molecule has 1 aromatic rings. The van der Waals surface area contributed by atoms with Crippen LogP contribution < -0.4 is 21.7 Å². The van der Waals surface area contributed by atoms with Crippen LogP contribution in [0.4, 0.5) is 28.9 Å². The van der Waals surface area contributed by atoms with Gasteiger partial charge in [0.1, 0.15) is 11.7 Å². The van der Waals surface area contributed by atoms with E-state index in [0.29, 0.717) is 5.69 Å². The summed E-state index contributed by atoms with van der Waals surface area (Å²) < 4.78 is 54.5. The van der Waals surface area contributed by atoms with Gasteiger partial charge in [-0.3, -0.25) is 4.99 Å². The zero-order chi connectivity index (χ0) is 23.6. The molecule has 0 aliphatic heterocycles. The van der Waals surface area contributed by atoms with Gasteiger partial charge >= 0.3 is 6.18 Å². The Morgan fingerprint density at radius 1 is 1.35 bits per heavy atom. The standard InChI is InChI=1S/C20H27F4N7/c1-5-7-17(20(22,23)24)29-19(28-14(11-25)12-27-3)30-18(6-2)31(4)16-10-13(26)8-9-15(16)21/h5,8-12,17H,1,6-7,25-26H2,2-4H3,(H,28,29). The Balaban J connectivity index is 3.53. The van der Waals surface area contributed by atoms with Crippen molar-refractivity contribution in [1.29, 1.82) is 0 Å². The summed E-state index contributed by atoms with van der Waals surface area (Å²) in [4.78, 5) is 13.1. The van der Waals surface area contributed by atoms with Gasteiger partial charge in [0, 0.05) is 38.6 Å². The number of nitrogens with two attached hydrogens (primary N) is 2. The van der Waals surface area contributed by atoms with Crippen LogP contribution >= 0.6 is 0 Å². The summed E-state index contributed by atoms with van der Waals surface area (Å²) in [5.41, 5.74) is 11.8. The van der Waals surface area contributed by atoms with Crippen LogP contribution in [-0.4, -0.2) is 44.3 Å². The molecule has 7 nitrogen and oxygen atoms in total. The average Bonchev–Trinajstić information content (AvgIpc) is 2.71. The number of halogens is 4. The Morgan fingerprint density at radius 2 is 2.03 bits per heavy atom. The summed E-state index contributed by atoms with van der Waals surface area (Å²) in [6, 6.07) is 1.91. The third-order valence-corrected chi connectivity index (χ3v) is 4.02. The summed E-state index contributed by atoms with van der Waals surface area (Å²) in [5.74, 6) is -0.696. The Hall–Kier alpha value is -3.37. The zero-order valence-electron chi connectivity index (χ0n) is 17.6. The molecule has 0 aliphatic carbocycles. The second-order valence-corrected chi connectivity index (χ2v) is 6.32. The fourth-order valence-corrected chi connectivity index (χ4v) is 2.48. The maximum absolute atomic E-state index is 14.3. The zero-order valence-corrected chi connectivity index (χ0v) is 17.6. The Labute approximate surface area is 178 Å². The maximum Gasteiger partial charge on any atom is 0.411 e. The molecule has 0 spiro atoms. The topological polar surface area (TPSA) is 104 Å². The SMILES string of the molecule is C=CCC(N=C(N=C(CC)N(C)c1cc(N)ccc1F)NC(C=NC)=CN)C(F)(F)F. The normalized spacial score (nSPS) is 14.6. The third-order valence-electron chi connectivity index (χ3n) is 4.02. The molecule has 0 bridgehead atoms. The first-order valence-corrected chi connectivity index (χ1v) is 9.30. The first-order valence-electron chi connectivity index (χ1n) is 9.30. The largest absolute Gasteiger partial charge is 0.411 e. The minimum Gasteiger partial charge on any atom is -0.403 e. The van der Waals surface area contributed by atoms with E-state index in [1.807, 2.05) is 0 Å². The van der Waals surface area contributed by atoms with Gasteiger partial charge in [-0.15, -0.1) is 6.58 Å². The number of guanidine groups is 1. The van der Waals surface area contributed by atoms with Crippen molar-refractivity contribution in [2.75, 3.05) is 24.7 Å². The summed E-state index contributed by atoms with van der Waals surface area (Å²) in [6.07, 6.45) is -1.29. The van der Waals surface area contributed by atoms with Gasteiger partial charge in [-0.05, 0) is 24.6 Å². The van der Waals surface area contributed by atoms with E-state index in [2.05, 4.69) is 26.9 Å². The molecule has 5 N–H and O–H groups in total.